The van der Waals surface area contributed by atoms with Gasteiger partial charge in [-0.3, -0.25) is 0 Å². The Labute approximate surface area is 111 Å². The van der Waals surface area contributed by atoms with Crippen LogP contribution >= 0.6 is 0 Å². The van der Waals surface area contributed by atoms with Gasteiger partial charge < -0.3 is 9.84 Å². The number of allylic oxidation sites excluding steroid dienone is 1. The highest BCUT2D eigenvalue weighted by molar-refractivity contribution is 5.19. The van der Waals surface area contributed by atoms with Crippen molar-refractivity contribution in [3.8, 4) is 0 Å². The van der Waals surface area contributed by atoms with Gasteiger partial charge in [0.25, 0.3) is 0 Å². The average Bonchev–Trinajstić information content (AvgIpc) is 2.55. The van der Waals surface area contributed by atoms with Gasteiger partial charge >= 0.3 is 0 Å². The van der Waals surface area contributed by atoms with Crippen molar-refractivity contribution in [2.75, 3.05) is 7.11 Å². The van der Waals surface area contributed by atoms with Gasteiger partial charge in [-0.25, -0.2) is 0 Å². The van der Waals surface area contributed by atoms with Crippen LogP contribution in [0.5, 0.6) is 0 Å². The van der Waals surface area contributed by atoms with Crippen LogP contribution in [-0.2, 0) is 4.74 Å². The van der Waals surface area contributed by atoms with E-state index in [-0.39, 0.29) is 5.60 Å². The van der Waals surface area contributed by atoms with E-state index in [1.54, 1.807) is 0 Å². The van der Waals surface area contributed by atoms with Gasteiger partial charge in [0, 0.05) is 13.0 Å². The summed E-state index contributed by atoms with van der Waals surface area (Å²) in [5.74, 6) is 1.28. The van der Waals surface area contributed by atoms with Crippen molar-refractivity contribution in [1.29, 1.82) is 0 Å². The summed E-state index contributed by atoms with van der Waals surface area (Å²) in [6.07, 6.45) is 6.46. The fourth-order valence-electron chi connectivity index (χ4n) is 3.82. The van der Waals surface area contributed by atoms with E-state index in [9.17, 15) is 5.11 Å². The van der Waals surface area contributed by atoms with Crippen molar-refractivity contribution in [3.63, 3.8) is 0 Å². The van der Waals surface area contributed by atoms with E-state index in [0.717, 1.165) is 25.7 Å². The van der Waals surface area contributed by atoms with Crippen molar-refractivity contribution in [2.45, 2.75) is 64.6 Å². The summed E-state index contributed by atoms with van der Waals surface area (Å²) < 4.78 is 5.79. The first-order valence-electron chi connectivity index (χ1n) is 7.28. The van der Waals surface area contributed by atoms with E-state index >= 15 is 0 Å². The Bertz CT molecular complexity index is 343. The van der Waals surface area contributed by atoms with Gasteiger partial charge in [-0.05, 0) is 51.4 Å². The fraction of sp³-hybridized carbons (Fsp3) is 0.875. The average molecular weight is 252 g/mol. The molecule has 2 rings (SSSR count). The second kappa shape index (κ2) is 4.64. The standard InChI is InChI=1S/C16H28O2/c1-11(2)12-6-8-15(3,17)13-7-9-16(4,18-5)14(13)10-12/h10-11,13-14,17H,6-9H2,1-5H3/t13-,14-,15-,16-/m1/s1. The van der Waals surface area contributed by atoms with Crippen LogP contribution in [0.2, 0.25) is 0 Å². The second-order valence-electron chi connectivity index (χ2n) is 6.94. The topological polar surface area (TPSA) is 29.5 Å². The molecule has 0 heterocycles. The van der Waals surface area contributed by atoms with Gasteiger partial charge in [0.05, 0.1) is 11.2 Å². The van der Waals surface area contributed by atoms with Gasteiger partial charge in [-0.2, -0.15) is 0 Å². The summed E-state index contributed by atoms with van der Waals surface area (Å²) >= 11 is 0. The predicted molar refractivity (Wildman–Crippen MR) is 74.4 cm³/mol. The number of ether oxygens (including phenoxy) is 1. The van der Waals surface area contributed by atoms with Crippen LogP contribution in [0.25, 0.3) is 0 Å². The number of methoxy groups -OCH3 is 1. The van der Waals surface area contributed by atoms with Crippen molar-refractivity contribution in [1.82, 2.24) is 0 Å². The van der Waals surface area contributed by atoms with Gasteiger partial charge in [0.15, 0.2) is 0 Å². The van der Waals surface area contributed by atoms with Crippen molar-refractivity contribution < 1.29 is 9.84 Å². The minimum Gasteiger partial charge on any atom is -0.390 e. The molecule has 2 aliphatic carbocycles. The highest BCUT2D eigenvalue weighted by atomic mass is 16.5. The molecule has 0 unspecified atom stereocenters. The van der Waals surface area contributed by atoms with Crippen LogP contribution in [0, 0.1) is 17.8 Å². The summed E-state index contributed by atoms with van der Waals surface area (Å²) in [6, 6.07) is 0. The predicted octanol–water partition coefficient (Wildman–Crippen LogP) is 3.54. The molecule has 0 aromatic heterocycles. The number of fused-ring (bicyclic) bond motifs is 1. The Morgan fingerprint density at radius 1 is 1.33 bits per heavy atom. The van der Waals surface area contributed by atoms with E-state index in [1.165, 1.54) is 5.57 Å². The van der Waals surface area contributed by atoms with Crippen LogP contribution in [0.1, 0.15) is 53.4 Å². The van der Waals surface area contributed by atoms with Gasteiger partial charge in [0.2, 0.25) is 0 Å². The second-order valence-corrected chi connectivity index (χ2v) is 6.94. The zero-order chi connectivity index (χ0) is 13.6. The van der Waals surface area contributed by atoms with E-state index in [4.69, 9.17) is 4.74 Å². The molecule has 0 aromatic rings. The Kier molecular flexibility index (Phi) is 3.63. The van der Waals surface area contributed by atoms with Crippen LogP contribution in [0.4, 0.5) is 0 Å². The third kappa shape index (κ3) is 2.25. The molecule has 0 radical (unpaired) electrons. The molecule has 4 atom stereocenters. The van der Waals surface area contributed by atoms with Crippen molar-refractivity contribution >= 4 is 0 Å². The molecule has 18 heavy (non-hydrogen) atoms. The molecule has 104 valence electrons. The smallest absolute Gasteiger partial charge is 0.0717 e. The van der Waals surface area contributed by atoms with E-state index in [2.05, 4.69) is 26.8 Å². The maximum atomic E-state index is 10.8. The first-order valence-corrected chi connectivity index (χ1v) is 7.28. The number of rotatable bonds is 2. The first-order chi connectivity index (χ1) is 8.30. The largest absolute Gasteiger partial charge is 0.390 e. The molecule has 2 nitrogen and oxygen atoms in total. The van der Waals surface area contributed by atoms with Crippen LogP contribution in [0.3, 0.4) is 0 Å². The molecule has 2 aliphatic rings. The first kappa shape index (κ1) is 14.1. The zero-order valence-electron chi connectivity index (χ0n) is 12.5. The quantitative estimate of drug-likeness (QED) is 0.762. The number of hydrogen-bond donors (Lipinski definition) is 1. The fourth-order valence-corrected chi connectivity index (χ4v) is 3.82. The van der Waals surface area contributed by atoms with Crippen LogP contribution in [0.15, 0.2) is 11.6 Å². The third-order valence-electron chi connectivity index (χ3n) is 5.41. The van der Waals surface area contributed by atoms with E-state index < -0.39 is 5.60 Å². The molecule has 1 N–H and O–H groups in total. The van der Waals surface area contributed by atoms with Gasteiger partial charge in [-0.1, -0.05) is 25.5 Å². The Morgan fingerprint density at radius 3 is 2.56 bits per heavy atom. The van der Waals surface area contributed by atoms with Crippen LogP contribution in [-0.4, -0.2) is 23.4 Å². The summed E-state index contributed by atoms with van der Waals surface area (Å²) in [4.78, 5) is 0. The Balaban J connectivity index is 2.38. The van der Waals surface area contributed by atoms with Crippen molar-refractivity contribution in [2.24, 2.45) is 17.8 Å². The molecular formula is C16H28O2. The monoisotopic (exact) mass is 252 g/mol. The summed E-state index contributed by atoms with van der Waals surface area (Å²) in [5, 5.41) is 10.8. The Morgan fingerprint density at radius 2 is 2.00 bits per heavy atom. The van der Waals surface area contributed by atoms with Crippen molar-refractivity contribution in [3.05, 3.63) is 11.6 Å². The molecular weight excluding hydrogens is 224 g/mol. The van der Waals surface area contributed by atoms with E-state index in [0.29, 0.717) is 17.8 Å². The highest BCUT2D eigenvalue weighted by Gasteiger charge is 2.51. The maximum absolute atomic E-state index is 10.8. The molecule has 0 spiro atoms. The van der Waals surface area contributed by atoms with Crippen LogP contribution < -0.4 is 0 Å². The lowest BCUT2D eigenvalue weighted by Crippen LogP contribution is -2.41. The molecule has 0 amide bonds. The SMILES string of the molecule is CO[C@]1(C)CC[C@@H]2[C@H]1C=C(C(C)C)CC[C@@]2(C)O. The lowest BCUT2D eigenvalue weighted by Gasteiger charge is -2.36. The minimum absolute atomic E-state index is 0.0981. The van der Waals surface area contributed by atoms with Gasteiger partial charge in [-0.15, -0.1) is 0 Å². The lowest BCUT2D eigenvalue weighted by molar-refractivity contribution is -0.0580. The minimum atomic E-state index is -0.548. The molecule has 0 saturated heterocycles. The molecule has 0 aromatic carbocycles. The number of hydrogen-bond acceptors (Lipinski definition) is 2. The molecule has 0 aliphatic heterocycles. The molecule has 2 heteroatoms. The third-order valence-corrected chi connectivity index (χ3v) is 5.41. The Hall–Kier alpha value is -0.340. The number of aliphatic hydroxyl groups is 1. The summed E-state index contributed by atoms with van der Waals surface area (Å²) in [5.41, 5.74) is 0.848. The molecule has 1 saturated carbocycles. The van der Waals surface area contributed by atoms with E-state index in [1.807, 2.05) is 14.0 Å². The normalized spacial score (nSPS) is 44.7. The van der Waals surface area contributed by atoms with Gasteiger partial charge in [0.1, 0.15) is 0 Å². The highest BCUT2D eigenvalue weighted by Crippen LogP contribution is 2.51. The zero-order valence-corrected chi connectivity index (χ0v) is 12.5. The maximum Gasteiger partial charge on any atom is 0.0717 e. The molecule has 1 fully saturated rings. The molecule has 0 bridgehead atoms. The lowest BCUT2D eigenvalue weighted by atomic mass is 9.77. The summed E-state index contributed by atoms with van der Waals surface area (Å²) in [7, 11) is 1.81. The summed E-state index contributed by atoms with van der Waals surface area (Å²) in [6.45, 7) is 8.72.